The fraction of sp³-hybridized carbons (Fsp3) is 0.529. The molecule has 20 heavy (non-hydrogen) atoms. The van der Waals surface area contributed by atoms with Crippen molar-refractivity contribution in [1.29, 1.82) is 0 Å². The van der Waals surface area contributed by atoms with Crippen LogP contribution in [-0.4, -0.2) is 6.54 Å². The molecule has 1 nitrogen and oxygen atoms in total. The fourth-order valence-electron chi connectivity index (χ4n) is 2.41. The van der Waals surface area contributed by atoms with Gasteiger partial charge in [0.15, 0.2) is 0 Å². The number of benzene rings is 1. The first kappa shape index (κ1) is 16.7. The van der Waals surface area contributed by atoms with E-state index in [1.54, 1.807) is 6.92 Å². The van der Waals surface area contributed by atoms with Gasteiger partial charge in [0.05, 0.1) is 0 Å². The van der Waals surface area contributed by atoms with Gasteiger partial charge < -0.3 is 5.32 Å². The van der Waals surface area contributed by atoms with E-state index in [0.717, 1.165) is 32.2 Å². The van der Waals surface area contributed by atoms with Gasteiger partial charge in [0.2, 0.25) is 0 Å². The molecule has 0 aliphatic heterocycles. The largest absolute Gasteiger partial charge is 0.385 e. The Morgan fingerprint density at radius 2 is 1.75 bits per heavy atom. The number of hydrogen-bond acceptors (Lipinski definition) is 1. The Bertz CT molecular complexity index is 449. The highest BCUT2D eigenvalue weighted by Gasteiger charge is 2.12. The molecule has 0 bridgehead atoms. The number of nitrogens with one attached hydrogen (secondary N) is 1. The van der Waals surface area contributed by atoms with Crippen molar-refractivity contribution in [1.82, 2.24) is 5.32 Å². The normalized spacial score (nSPS) is 10.9. The van der Waals surface area contributed by atoms with Crippen molar-refractivity contribution < 1.29 is 8.78 Å². The quantitative estimate of drug-likeness (QED) is 0.703. The molecule has 0 unspecified atom stereocenters. The first-order valence-corrected chi connectivity index (χ1v) is 7.38. The van der Waals surface area contributed by atoms with Crippen molar-refractivity contribution in [3.05, 3.63) is 41.5 Å². The molecule has 0 saturated heterocycles. The molecule has 1 rings (SSSR count). The molecule has 1 N–H and O–H groups in total. The zero-order chi connectivity index (χ0) is 15.1. The molecule has 0 spiro atoms. The molecule has 0 saturated carbocycles. The maximum absolute atomic E-state index is 13.8. The smallest absolute Gasteiger partial charge is 0.132 e. The first-order chi connectivity index (χ1) is 9.49. The molecule has 0 atom stereocenters. The molecule has 0 amide bonds. The van der Waals surface area contributed by atoms with Gasteiger partial charge in [-0.15, -0.1) is 0 Å². The van der Waals surface area contributed by atoms with Crippen LogP contribution in [0.3, 0.4) is 0 Å². The van der Waals surface area contributed by atoms with E-state index in [4.69, 9.17) is 0 Å². The number of halogens is 2. The molecule has 0 aliphatic rings. The summed E-state index contributed by atoms with van der Waals surface area (Å²) < 4.78 is 27.4. The van der Waals surface area contributed by atoms with Gasteiger partial charge in [-0.2, -0.15) is 0 Å². The average Bonchev–Trinajstić information content (AvgIpc) is 2.40. The van der Waals surface area contributed by atoms with Gasteiger partial charge in [0.25, 0.3) is 0 Å². The van der Waals surface area contributed by atoms with Gasteiger partial charge in [-0.1, -0.05) is 33.3 Å². The van der Waals surface area contributed by atoms with Crippen LogP contribution in [0.15, 0.2) is 18.7 Å². The van der Waals surface area contributed by atoms with Crippen LogP contribution in [0.25, 0.3) is 5.70 Å². The Balaban J connectivity index is 2.69. The maximum Gasteiger partial charge on any atom is 0.132 e. The molecule has 3 heteroatoms. The number of aryl methyl sites for hydroxylation is 1. The third-order valence-electron chi connectivity index (χ3n) is 3.57. The van der Waals surface area contributed by atoms with E-state index in [2.05, 4.69) is 25.7 Å². The summed E-state index contributed by atoms with van der Waals surface area (Å²) >= 11 is 0. The van der Waals surface area contributed by atoms with Gasteiger partial charge >= 0.3 is 0 Å². The highest BCUT2D eigenvalue weighted by molar-refractivity contribution is 5.62. The second-order valence-corrected chi connectivity index (χ2v) is 5.38. The molecule has 0 aromatic heterocycles. The van der Waals surface area contributed by atoms with Crippen LogP contribution in [0.4, 0.5) is 8.78 Å². The Kier molecular flexibility index (Phi) is 6.69. The molecule has 0 fully saturated rings. The van der Waals surface area contributed by atoms with Crippen LogP contribution < -0.4 is 5.32 Å². The molecule has 1 aromatic rings. The Morgan fingerprint density at radius 1 is 1.15 bits per heavy atom. The lowest BCUT2D eigenvalue weighted by atomic mass is 9.98. The lowest BCUT2D eigenvalue weighted by Gasteiger charge is -2.18. The van der Waals surface area contributed by atoms with E-state index in [0.29, 0.717) is 17.2 Å². The van der Waals surface area contributed by atoms with Crippen molar-refractivity contribution in [2.75, 3.05) is 6.54 Å². The monoisotopic (exact) mass is 281 g/mol. The Labute approximate surface area is 121 Å². The van der Waals surface area contributed by atoms with Crippen LogP contribution >= 0.6 is 0 Å². The minimum atomic E-state index is -0.427. The molecule has 112 valence electrons. The summed E-state index contributed by atoms with van der Waals surface area (Å²) in [6, 6.07) is 2.43. The summed E-state index contributed by atoms with van der Waals surface area (Å²) in [5, 5.41) is 3.16. The number of hydrogen-bond donors (Lipinski definition) is 1. The summed E-state index contributed by atoms with van der Waals surface area (Å²) in [5.74, 6) is -0.271. The van der Waals surface area contributed by atoms with Gasteiger partial charge in [-0.25, -0.2) is 8.78 Å². The minimum Gasteiger partial charge on any atom is -0.385 e. The summed E-state index contributed by atoms with van der Waals surface area (Å²) in [6.07, 6.45) is 4.54. The molecular weight excluding hydrogens is 256 g/mol. The Morgan fingerprint density at radius 3 is 2.30 bits per heavy atom. The van der Waals surface area contributed by atoms with Crippen LogP contribution in [0.2, 0.25) is 0 Å². The average molecular weight is 281 g/mol. The van der Waals surface area contributed by atoms with Crippen molar-refractivity contribution in [2.24, 2.45) is 5.92 Å². The highest BCUT2D eigenvalue weighted by atomic mass is 19.1. The van der Waals surface area contributed by atoms with Crippen molar-refractivity contribution in [2.45, 2.75) is 46.5 Å². The first-order valence-electron chi connectivity index (χ1n) is 7.38. The summed E-state index contributed by atoms with van der Waals surface area (Å²) in [5.41, 5.74) is 0.993. The second-order valence-electron chi connectivity index (χ2n) is 5.38. The number of rotatable bonds is 8. The zero-order valence-electron chi connectivity index (χ0n) is 12.7. The van der Waals surface area contributed by atoms with Crippen molar-refractivity contribution in [3.8, 4) is 0 Å². The van der Waals surface area contributed by atoms with Gasteiger partial charge in [0.1, 0.15) is 11.6 Å². The predicted octanol–water partition coefficient (Wildman–Crippen LogP) is 5.05. The van der Waals surface area contributed by atoms with Crippen LogP contribution in [-0.2, 0) is 0 Å². The summed E-state index contributed by atoms with van der Waals surface area (Å²) in [7, 11) is 0. The standard InChI is InChI=1S/C17H25F2N/c1-5-7-14(8-6-2)11-20-13(4)15-10-16(18)12(3)9-17(15)19/h9-10,14,20H,4-8,11H2,1-3H3. The lowest BCUT2D eigenvalue weighted by Crippen LogP contribution is -2.22. The van der Waals surface area contributed by atoms with E-state index in [9.17, 15) is 8.78 Å². The van der Waals surface area contributed by atoms with E-state index in [1.165, 1.54) is 12.1 Å². The molecular formula is C17H25F2N. The second kappa shape index (κ2) is 8.03. The van der Waals surface area contributed by atoms with Gasteiger partial charge in [-0.3, -0.25) is 0 Å². The summed E-state index contributed by atoms with van der Waals surface area (Å²) in [6.45, 7) is 10.5. The molecule has 0 heterocycles. The van der Waals surface area contributed by atoms with Gasteiger partial charge in [-0.05, 0) is 43.4 Å². The molecule has 0 radical (unpaired) electrons. The SMILES string of the molecule is C=C(NCC(CCC)CCC)c1cc(F)c(C)cc1F. The topological polar surface area (TPSA) is 12.0 Å². The third kappa shape index (κ3) is 4.62. The van der Waals surface area contributed by atoms with E-state index in [-0.39, 0.29) is 5.56 Å². The minimum absolute atomic E-state index is 0.222. The third-order valence-corrected chi connectivity index (χ3v) is 3.57. The maximum atomic E-state index is 13.8. The lowest BCUT2D eigenvalue weighted by molar-refractivity contribution is 0.432. The van der Waals surface area contributed by atoms with Crippen molar-refractivity contribution >= 4 is 5.70 Å². The molecule has 0 aliphatic carbocycles. The van der Waals surface area contributed by atoms with Crippen LogP contribution in [0, 0.1) is 24.5 Å². The van der Waals surface area contributed by atoms with Gasteiger partial charge in [0, 0.05) is 17.8 Å². The van der Waals surface area contributed by atoms with E-state index >= 15 is 0 Å². The van der Waals surface area contributed by atoms with E-state index < -0.39 is 11.6 Å². The van der Waals surface area contributed by atoms with Crippen LogP contribution in [0.5, 0.6) is 0 Å². The fourth-order valence-corrected chi connectivity index (χ4v) is 2.41. The van der Waals surface area contributed by atoms with Crippen molar-refractivity contribution in [3.63, 3.8) is 0 Å². The zero-order valence-corrected chi connectivity index (χ0v) is 12.7. The summed E-state index contributed by atoms with van der Waals surface area (Å²) in [4.78, 5) is 0. The predicted molar refractivity (Wildman–Crippen MR) is 81.4 cm³/mol. The highest BCUT2D eigenvalue weighted by Crippen LogP contribution is 2.20. The Hall–Kier alpha value is -1.38. The van der Waals surface area contributed by atoms with Crippen LogP contribution in [0.1, 0.15) is 50.7 Å². The molecule has 1 aromatic carbocycles. The van der Waals surface area contributed by atoms with E-state index in [1.807, 2.05) is 0 Å².